The number of nitrogens with zero attached hydrogens (tertiary/aromatic N) is 2. The fourth-order valence-corrected chi connectivity index (χ4v) is 4.50. The lowest BCUT2D eigenvalue weighted by atomic mass is 10.1. The smallest absolute Gasteiger partial charge is 0.248 e. The van der Waals surface area contributed by atoms with Crippen molar-refractivity contribution in [3.05, 3.63) is 70.8 Å². The fourth-order valence-electron chi connectivity index (χ4n) is 3.31. The maximum absolute atomic E-state index is 12.1. The second-order valence-corrected chi connectivity index (χ2v) is 9.22. The Morgan fingerprint density at radius 1 is 1.00 bits per heavy atom. The normalized spacial score (nSPS) is 12.0. The van der Waals surface area contributed by atoms with Gasteiger partial charge in [0, 0.05) is 28.1 Å². The van der Waals surface area contributed by atoms with Crippen LogP contribution in [0.25, 0.3) is 10.9 Å². The van der Waals surface area contributed by atoms with E-state index >= 15 is 0 Å². The summed E-state index contributed by atoms with van der Waals surface area (Å²) in [4.78, 5) is 24.9. The second-order valence-electron chi connectivity index (χ2n) is 6.95. The van der Waals surface area contributed by atoms with Crippen molar-refractivity contribution < 1.29 is 4.21 Å². The van der Waals surface area contributed by atoms with E-state index in [2.05, 4.69) is 30.3 Å². The van der Waals surface area contributed by atoms with Gasteiger partial charge in [0.2, 0.25) is 5.56 Å². The summed E-state index contributed by atoms with van der Waals surface area (Å²) < 4.78 is 14.9. The highest BCUT2D eigenvalue weighted by atomic mass is 32.2. The van der Waals surface area contributed by atoms with E-state index in [1.807, 2.05) is 49.6 Å². The molecular weight excluding hydrogens is 444 g/mol. The first kappa shape index (κ1) is 22.0. The summed E-state index contributed by atoms with van der Waals surface area (Å²) in [7, 11) is 0.366. The maximum atomic E-state index is 12.1. The molecule has 0 aliphatic heterocycles. The Morgan fingerprint density at radius 2 is 1.78 bits per heavy atom. The van der Waals surface area contributed by atoms with E-state index in [-0.39, 0.29) is 5.56 Å². The van der Waals surface area contributed by atoms with Gasteiger partial charge in [-0.2, -0.15) is 0 Å². The number of aromatic nitrogens is 3. The van der Waals surface area contributed by atoms with Gasteiger partial charge in [-0.1, -0.05) is 6.07 Å². The van der Waals surface area contributed by atoms with Crippen molar-refractivity contribution in [2.75, 3.05) is 23.9 Å². The molecule has 0 saturated carbocycles. The van der Waals surface area contributed by atoms with Gasteiger partial charge < -0.3 is 15.6 Å². The summed E-state index contributed by atoms with van der Waals surface area (Å²) in [5.41, 5.74) is 3.15. The van der Waals surface area contributed by atoms with Gasteiger partial charge in [-0.3, -0.25) is 4.79 Å². The van der Waals surface area contributed by atoms with Gasteiger partial charge in [0.15, 0.2) is 0 Å². The molecule has 32 heavy (non-hydrogen) atoms. The molecule has 0 bridgehead atoms. The van der Waals surface area contributed by atoms with Crippen LogP contribution in [-0.2, 0) is 11.0 Å². The Morgan fingerprint density at radius 3 is 2.53 bits per heavy atom. The Kier molecular flexibility index (Phi) is 6.54. The molecule has 0 fully saturated rings. The first-order valence-corrected chi connectivity index (χ1v) is 12.1. The zero-order chi connectivity index (χ0) is 22.7. The quantitative estimate of drug-likeness (QED) is 0.304. The van der Waals surface area contributed by atoms with Gasteiger partial charge >= 0.3 is 0 Å². The third kappa shape index (κ3) is 4.82. The van der Waals surface area contributed by atoms with Crippen molar-refractivity contribution in [3.63, 3.8) is 0 Å². The number of hydrogen-bond acceptors (Lipinski definition) is 7. The Hall–Kier alpha value is -3.21. The lowest BCUT2D eigenvalue weighted by Crippen LogP contribution is -2.10. The molecule has 2 aromatic heterocycles. The summed E-state index contributed by atoms with van der Waals surface area (Å²) >= 11 is 1.58. The molecular formula is C22H22N6O2S2. The molecule has 0 aliphatic rings. The number of pyridine rings is 1. The van der Waals surface area contributed by atoms with E-state index in [0.29, 0.717) is 16.5 Å². The van der Waals surface area contributed by atoms with Crippen molar-refractivity contribution in [1.29, 1.82) is 0 Å². The summed E-state index contributed by atoms with van der Waals surface area (Å²) in [5.74, 6) is 1.19. The molecule has 0 amide bonds. The van der Waals surface area contributed by atoms with Gasteiger partial charge in [-0.05, 0) is 56.1 Å². The van der Waals surface area contributed by atoms with Crippen LogP contribution in [0.2, 0.25) is 0 Å². The van der Waals surface area contributed by atoms with Crippen LogP contribution in [0.1, 0.15) is 5.56 Å². The third-order valence-electron chi connectivity index (χ3n) is 4.82. The molecule has 1 unspecified atom stereocenters. The van der Waals surface area contributed by atoms with Crippen LogP contribution in [0.4, 0.5) is 23.0 Å². The van der Waals surface area contributed by atoms with Gasteiger partial charge in [0.05, 0.1) is 16.1 Å². The van der Waals surface area contributed by atoms with Gasteiger partial charge in [0.1, 0.15) is 28.9 Å². The molecule has 0 spiro atoms. The first-order valence-electron chi connectivity index (χ1n) is 9.74. The van der Waals surface area contributed by atoms with E-state index in [1.165, 1.54) is 6.33 Å². The van der Waals surface area contributed by atoms with E-state index in [0.717, 1.165) is 32.7 Å². The highest BCUT2D eigenvalue weighted by Gasteiger charge is 2.09. The molecule has 2 heterocycles. The molecule has 0 radical (unpaired) electrons. The predicted molar refractivity (Wildman–Crippen MR) is 132 cm³/mol. The van der Waals surface area contributed by atoms with Gasteiger partial charge in [0.25, 0.3) is 0 Å². The van der Waals surface area contributed by atoms with Crippen LogP contribution >= 0.6 is 11.8 Å². The second kappa shape index (κ2) is 9.51. The van der Waals surface area contributed by atoms with E-state index in [9.17, 15) is 9.00 Å². The third-order valence-corrected chi connectivity index (χ3v) is 6.67. The predicted octanol–water partition coefficient (Wildman–Crippen LogP) is 4.08. The SMILES string of the molecule is CNS(=O)c1ccc(SC)c(Nc2cc(Nc3ccc4c(C)cc(=O)[nH]c4c3)ncn2)c1. The summed E-state index contributed by atoms with van der Waals surface area (Å²) in [6, 6.07) is 14.7. The molecule has 1 atom stereocenters. The topological polar surface area (TPSA) is 112 Å². The number of fused-ring (bicyclic) bond motifs is 1. The number of H-pyrrole nitrogens is 1. The van der Waals surface area contributed by atoms with E-state index in [4.69, 9.17) is 0 Å². The molecule has 4 aromatic rings. The summed E-state index contributed by atoms with van der Waals surface area (Å²) in [5, 5.41) is 7.53. The lowest BCUT2D eigenvalue weighted by molar-refractivity contribution is 0.678. The van der Waals surface area contributed by atoms with Crippen LogP contribution in [0, 0.1) is 6.92 Å². The monoisotopic (exact) mass is 466 g/mol. The molecule has 8 nitrogen and oxygen atoms in total. The van der Waals surface area contributed by atoms with E-state index in [1.54, 1.807) is 30.9 Å². The summed E-state index contributed by atoms with van der Waals surface area (Å²) in [6.45, 7) is 1.91. The molecule has 4 N–H and O–H groups in total. The van der Waals surface area contributed by atoms with Crippen LogP contribution in [0.3, 0.4) is 0 Å². The Bertz CT molecular complexity index is 1370. The number of nitrogens with one attached hydrogen (secondary N) is 4. The number of aromatic amines is 1. The minimum Gasteiger partial charge on any atom is -0.340 e. The van der Waals surface area contributed by atoms with E-state index < -0.39 is 11.0 Å². The molecule has 0 aliphatic carbocycles. The van der Waals surface area contributed by atoms with Gasteiger partial charge in [-0.15, -0.1) is 11.8 Å². The van der Waals surface area contributed by atoms with Crippen LogP contribution in [-0.4, -0.2) is 32.5 Å². The number of aryl methyl sites for hydroxylation is 1. The number of benzene rings is 2. The average Bonchev–Trinajstić information content (AvgIpc) is 2.78. The number of hydrogen-bond donors (Lipinski definition) is 4. The van der Waals surface area contributed by atoms with Crippen LogP contribution in [0.5, 0.6) is 0 Å². The fraction of sp³-hybridized carbons (Fsp3) is 0.136. The number of anilines is 4. The van der Waals surface area contributed by atoms with Crippen molar-refractivity contribution in [2.45, 2.75) is 16.7 Å². The van der Waals surface area contributed by atoms with Crippen molar-refractivity contribution in [1.82, 2.24) is 19.7 Å². The van der Waals surface area contributed by atoms with Crippen molar-refractivity contribution in [2.24, 2.45) is 0 Å². The molecule has 10 heteroatoms. The highest BCUT2D eigenvalue weighted by molar-refractivity contribution is 7.98. The zero-order valence-electron chi connectivity index (χ0n) is 17.7. The van der Waals surface area contributed by atoms with Crippen LogP contribution < -0.4 is 20.9 Å². The lowest BCUT2D eigenvalue weighted by Gasteiger charge is -2.13. The standard InChI is InChI=1S/C22H22N6O2S2/c1-13-8-22(29)28-17-9-14(4-6-16(13)17)26-20-11-21(25-12-24-20)27-18-10-15(32(30)23-2)5-7-19(18)31-3/h4-12,23H,1-3H3,(H,28,29)(H2,24,25,26,27). The molecule has 2 aromatic carbocycles. The van der Waals surface area contributed by atoms with Crippen molar-refractivity contribution >= 4 is 56.7 Å². The largest absolute Gasteiger partial charge is 0.340 e. The molecule has 164 valence electrons. The minimum atomic E-state index is -1.28. The number of rotatable bonds is 7. The first-order chi connectivity index (χ1) is 15.5. The average molecular weight is 467 g/mol. The number of thioether (sulfide) groups is 1. The van der Waals surface area contributed by atoms with Crippen molar-refractivity contribution in [3.8, 4) is 0 Å². The molecule has 4 rings (SSSR count). The highest BCUT2D eigenvalue weighted by Crippen LogP contribution is 2.30. The van der Waals surface area contributed by atoms with Crippen LogP contribution in [0.15, 0.2) is 69.4 Å². The maximum Gasteiger partial charge on any atom is 0.248 e. The summed E-state index contributed by atoms with van der Waals surface area (Å²) in [6.07, 6.45) is 3.44. The minimum absolute atomic E-state index is 0.133. The van der Waals surface area contributed by atoms with Gasteiger partial charge in [-0.25, -0.2) is 18.9 Å². The Labute approximate surface area is 191 Å². The zero-order valence-corrected chi connectivity index (χ0v) is 19.4. The molecule has 0 saturated heterocycles. The Balaban J connectivity index is 1.60.